The van der Waals surface area contributed by atoms with Gasteiger partial charge in [-0.05, 0) is 46.5 Å². The van der Waals surface area contributed by atoms with Crippen LogP contribution in [0.1, 0.15) is 30.9 Å². The van der Waals surface area contributed by atoms with Crippen LogP contribution in [0.4, 0.5) is 0 Å². The van der Waals surface area contributed by atoms with Crippen molar-refractivity contribution in [3.05, 3.63) is 22.2 Å². The minimum Gasteiger partial charge on any atom is -0.454 e. The van der Waals surface area contributed by atoms with Gasteiger partial charge in [-0.1, -0.05) is 6.42 Å². The molecular weight excluding hydrogens is 322 g/mol. The maximum absolute atomic E-state index is 5.94. The lowest BCUT2D eigenvalue weighted by Gasteiger charge is -2.31. The third-order valence-electron chi connectivity index (χ3n) is 3.78. The van der Waals surface area contributed by atoms with E-state index in [0.29, 0.717) is 6.54 Å². The second-order valence-electron chi connectivity index (χ2n) is 5.20. The summed E-state index contributed by atoms with van der Waals surface area (Å²) >= 11 is 3.53. The van der Waals surface area contributed by atoms with Gasteiger partial charge >= 0.3 is 0 Å². The summed E-state index contributed by atoms with van der Waals surface area (Å²) in [4.78, 5) is 0. The Bertz CT molecular complexity index is 478. The molecule has 0 radical (unpaired) electrons. The number of piperidine rings is 1. The Hall–Kier alpha value is -0.820. The Kier molecular flexibility index (Phi) is 4.45. The predicted octanol–water partition coefficient (Wildman–Crippen LogP) is 2.17. The number of rotatable bonds is 4. The molecule has 2 heterocycles. The van der Waals surface area contributed by atoms with Gasteiger partial charge in [0.1, 0.15) is 0 Å². The maximum atomic E-state index is 5.94. The first kappa shape index (κ1) is 14.1. The highest BCUT2D eigenvalue weighted by Crippen LogP contribution is 2.41. The number of fused-ring (bicyclic) bond motifs is 1. The number of halogens is 1. The van der Waals surface area contributed by atoms with Crippen LogP contribution in [0.15, 0.2) is 16.6 Å². The number of nitrogens with two attached hydrogens (primary N) is 1. The van der Waals surface area contributed by atoms with Crippen LogP contribution in [0.3, 0.4) is 0 Å². The summed E-state index contributed by atoms with van der Waals surface area (Å²) in [5, 5.41) is 2.28. The molecule has 0 aromatic heterocycles. The number of hydrogen-bond acceptors (Lipinski definition) is 5. The lowest BCUT2D eigenvalue weighted by atomic mass is 10.1. The lowest BCUT2D eigenvalue weighted by molar-refractivity contribution is 0.130. The Morgan fingerprint density at radius 2 is 2.05 bits per heavy atom. The maximum Gasteiger partial charge on any atom is 0.231 e. The fraction of sp³-hybridized carbons (Fsp3) is 0.571. The number of nitrogens with one attached hydrogen (secondary N) is 1. The van der Waals surface area contributed by atoms with Crippen LogP contribution in [-0.2, 0) is 0 Å². The van der Waals surface area contributed by atoms with Crippen molar-refractivity contribution < 1.29 is 9.47 Å². The standard InChI is InChI=1S/C14H20BrN3O2/c15-11-6-10(7-13-14(11)20-9-19-13)12(8-16)17-18-4-2-1-3-5-18/h6-7,12,17H,1-5,8-9,16H2. The van der Waals surface area contributed by atoms with Crippen LogP contribution in [0.5, 0.6) is 11.5 Å². The van der Waals surface area contributed by atoms with Crippen molar-refractivity contribution in [3.8, 4) is 11.5 Å². The number of nitrogens with zero attached hydrogens (tertiary/aromatic N) is 1. The number of benzene rings is 1. The van der Waals surface area contributed by atoms with Crippen molar-refractivity contribution in [1.82, 2.24) is 10.4 Å². The van der Waals surface area contributed by atoms with E-state index in [4.69, 9.17) is 15.2 Å². The molecule has 1 aromatic rings. The van der Waals surface area contributed by atoms with Crippen molar-refractivity contribution in [1.29, 1.82) is 0 Å². The molecule has 0 spiro atoms. The van der Waals surface area contributed by atoms with Crippen LogP contribution in [-0.4, -0.2) is 31.4 Å². The largest absolute Gasteiger partial charge is 0.454 e. The van der Waals surface area contributed by atoms with Gasteiger partial charge in [0.25, 0.3) is 0 Å². The van der Waals surface area contributed by atoms with Crippen LogP contribution in [0, 0.1) is 0 Å². The average molecular weight is 342 g/mol. The molecule has 0 bridgehead atoms. The van der Waals surface area contributed by atoms with Crippen LogP contribution >= 0.6 is 15.9 Å². The molecule has 2 aliphatic heterocycles. The zero-order chi connectivity index (χ0) is 13.9. The van der Waals surface area contributed by atoms with Crippen molar-refractivity contribution in [2.45, 2.75) is 25.3 Å². The smallest absolute Gasteiger partial charge is 0.231 e. The fourth-order valence-corrected chi connectivity index (χ4v) is 3.27. The lowest BCUT2D eigenvalue weighted by Crippen LogP contribution is -2.45. The van der Waals surface area contributed by atoms with Crippen molar-refractivity contribution in [3.63, 3.8) is 0 Å². The Morgan fingerprint density at radius 3 is 2.80 bits per heavy atom. The summed E-state index contributed by atoms with van der Waals surface area (Å²) in [6.07, 6.45) is 3.81. The highest BCUT2D eigenvalue weighted by Gasteiger charge is 2.22. The first-order chi connectivity index (χ1) is 9.78. The molecular formula is C14H20BrN3O2. The van der Waals surface area contributed by atoms with Gasteiger partial charge in [0.15, 0.2) is 11.5 Å². The zero-order valence-corrected chi connectivity index (χ0v) is 13.0. The van der Waals surface area contributed by atoms with E-state index in [0.717, 1.165) is 34.6 Å². The van der Waals surface area contributed by atoms with E-state index in [2.05, 4.69) is 32.4 Å². The molecule has 110 valence electrons. The summed E-state index contributed by atoms with van der Waals surface area (Å²) in [6, 6.07) is 4.17. The van der Waals surface area contributed by atoms with Crippen molar-refractivity contribution in [2.75, 3.05) is 26.4 Å². The molecule has 3 rings (SSSR count). The average Bonchev–Trinajstić information content (AvgIpc) is 2.95. The van der Waals surface area contributed by atoms with Gasteiger partial charge in [0.05, 0.1) is 10.5 Å². The van der Waals surface area contributed by atoms with Crippen LogP contribution in [0.2, 0.25) is 0 Å². The van der Waals surface area contributed by atoms with E-state index in [9.17, 15) is 0 Å². The van der Waals surface area contributed by atoms with E-state index in [1.807, 2.05) is 6.07 Å². The Balaban J connectivity index is 1.76. The normalized spacial score (nSPS) is 20.1. The number of hydrazine groups is 1. The van der Waals surface area contributed by atoms with Gasteiger partial charge in [0.2, 0.25) is 6.79 Å². The molecule has 1 unspecified atom stereocenters. The molecule has 2 aliphatic rings. The van der Waals surface area contributed by atoms with E-state index < -0.39 is 0 Å². The molecule has 0 saturated carbocycles. The first-order valence-corrected chi connectivity index (χ1v) is 7.87. The van der Waals surface area contributed by atoms with Gasteiger partial charge in [-0.2, -0.15) is 0 Å². The third-order valence-corrected chi connectivity index (χ3v) is 4.37. The quantitative estimate of drug-likeness (QED) is 0.878. The molecule has 3 N–H and O–H groups in total. The minimum atomic E-state index is 0.0962. The van der Waals surface area contributed by atoms with Gasteiger partial charge in [0, 0.05) is 19.6 Å². The van der Waals surface area contributed by atoms with E-state index in [1.54, 1.807) is 0 Å². The van der Waals surface area contributed by atoms with Crippen molar-refractivity contribution >= 4 is 15.9 Å². The molecule has 5 nitrogen and oxygen atoms in total. The summed E-state index contributed by atoms with van der Waals surface area (Å²) in [6.45, 7) is 3.00. The van der Waals surface area contributed by atoms with Gasteiger partial charge in [-0.25, -0.2) is 10.4 Å². The summed E-state index contributed by atoms with van der Waals surface area (Å²) in [7, 11) is 0. The molecule has 6 heteroatoms. The summed E-state index contributed by atoms with van der Waals surface area (Å²) in [5.41, 5.74) is 10.6. The monoisotopic (exact) mass is 341 g/mol. The van der Waals surface area contributed by atoms with Gasteiger partial charge < -0.3 is 15.2 Å². The summed E-state index contributed by atoms with van der Waals surface area (Å²) in [5.74, 6) is 1.57. The molecule has 1 aromatic carbocycles. The SMILES string of the molecule is NCC(NN1CCCCC1)c1cc(Br)c2c(c1)OCO2. The van der Waals surface area contributed by atoms with E-state index >= 15 is 0 Å². The summed E-state index contributed by atoms with van der Waals surface area (Å²) < 4.78 is 11.8. The second-order valence-corrected chi connectivity index (χ2v) is 6.06. The molecule has 1 fully saturated rings. The van der Waals surface area contributed by atoms with E-state index in [-0.39, 0.29) is 12.8 Å². The minimum absolute atomic E-state index is 0.0962. The third kappa shape index (κ3) is 2.93. The molecule has 1 atom stereocenters. The van der Waals surface area contributed by atoms with Gasteiger partial charge in [-0.15, -0.1) is 0 Å². The molecule has 20 heavy (non-hydrogen) atoms. The second kappa shape index (κ2) is 6.30. The zero-order valence-electron chi connectivity index (χ0n) is 11.4. The molecule has 0 aliphatic carbocycles. The molecule has 0 amide bonds. The highest BCUT2D eigenvalue weighted by atomic mass is 79.9. The van der Waals surface area contributed by atoms with Crippen LogP contribution in [0.25, 0.3) is 0 Å². The number of ether oxygens (including phenoxy) is 2. The van der Waals surface area contributed by atoms with E-state index in [1.165, 1.54) is 19.3 Å². The van der Waals surface area contributed by atoms with Gasteiger partial charge in [-0.3, -0.25) is 0 Å². The van der Waals surface area contributed by atoms with Crippen molar-refractivity contribution in [2.24, 2.45) is 5.73 Å². The highest BCUT2D eigenvalue weighted by molar-refractivity contribution is 9.10. The first-order valence-electron chi connectivity index (χ1n) is 7.08. The molecule has 1 saturated heterocycles. The Morgan fingerprint density at radius 1 is 1.25 bits per heavy atom. The number of hydrogen-bond donors (Lipinski definition) is 2. The fourth-order valence-electron chi connectivity index (χ4n) is 2.70. The topological polar surface area (TPSA) is 59.8 Å². The van der Waals surface area contributed by atoms with Crippen LogP contribution < -0.4 is 20.6 Å². The Labute approximate surface area is 127 Å². The predicted molar refractivity (Wildman–Crippen MR) is 80.6 cm³/mol.